The van der Waals surface area contributed by atoms with Gasteiger partial charge in [-0.05, 0) is 12.1 Å². The van der Waals surface area contributed by atoms with Gasteiger partial charge in [0.25, 0.3) is 0 Å². The molecule has 0 aliphatic carbocycles. The predicted octanol–water partition coefficient (Wildman–Crippen LogP) is 0.991. The largest absolute Gasteiger partial charge is 0.489 e. The minimum atomic E-state index is -0.312. The van der Waals surface area contributed by atoms with Gasteiger partial charge in [0.15, 0.2) is 0 Å². The van der Waals surface area contributed by atoms with E-state index in [4.69, 9.17) is 9.84 Å². The summed E-state index contributed by atoms with van der Waals surface area (Å²) in [5.41, 5.74) is 0.602. The summed E-state index contributed by atoms with van der Waals surface area (Å²) in [6, 6.07) is 4.14. The lowest BCUT2D eigenvalue weighted by molar-refractivity contribution is 0.207. The van der Waals surface area contributed by atoms with Crippen LogP contribution < -0.4 is 10.1 Å². The number of halogens is 1. The van der Waals surface area contributed by atoms with Crippen LogP contribution in [0.2, 0.25) is 0 Å². The summed E-state index contributed by atoms with van der Waals surface area (Å²) in [6.45, 7) is 0.394. The van der Waals surface area contributed by atoms with E-state index in [1.807, 2.05) is 0 Å². The van der Waals surface area contributed by atoms with Crippen molar-refractivity contribution in [2.75, 3.05) is 18.5 Å². The monoisotopic (exact) mass is 183 g/mol. The number of anilines is 1. The van der Waals surface area contributed by atoms with Gasteiger partial charge in [0, 0.05) is 6.07 Å². The smallest absolute Gasteiger partial charge is 0.142 e. The first kappa shape index (κ1) is 8.31. The fraction of sp³-hybridized carbons (Fsp3) is 0.333. The van der Waals surface area contributed by atoms with Crippen molar-refractivity contribution in [1.82, 2.24) is 0 Å². The van der Waals surface area contributed by atoms with E-state index >= 15 is 0 Å². The van der Waals surface area contributed by atoms with Gasteiger partial charge >= 0.3 is 0 Å². The van der Waals surface area contributed by atoms with Crippen LogP contribution in [0.1, 0.15) is 0 Å². The number of ether oxygens (including phenoxy) is 1. The summed E-state index contributed by atoms with van der Waals surface area (Å²) < 4.78 is 18.1. The van der Waals surface area contributed by atoms with E-state index in [-0.39, 0.29) is 18.5 Å². The molecule has 0 amide bonds. The quantitative estimate of drug-likeness (QED) is 0.682. The van der Waals surface area contributed by atoms with Crippen molar-refractivity contribution in [1.29, 1.82) is 0 Å². The van der Waals surface area contributed by atoms with Crippen LogP contribution in [-0.4, -0.2) is 24.4 Å². The molecule has 3 nitrogen and oxygen atoms in total. The Morgan fingerprint density at radius 1 is 1.62 bits per heavy atom. The number of nitrogens with one attached hydrogen (secondary N) is 1. The zero-order chi connectivity index (χ0) is 9.26. The van der Waals surface area contributed by atoms with E-state index < -0.39 is 0 Å². The van der Waals surface area contributed by atoms with Crippen molar-refractivity contribution >= 4 is 5.69 Å². The minimum Gasteiger partial charge on any atom is -0.489 e. The molecule has 2 N–H and O–H groups in total. The molecule has 0 spiro atoms. The highest BCUT2D eigenvalue weighted by Crippen LogP contribution is 2.28. The standard InChI is InChI=1S/C9H10FNO2/c10-6-1-2-9-8(3-6)11-7(4-12)5-13-9/h1-3,7,11-12H,4-5H2. The van der Waals surface area contributed by atoms with Crippen LogP contribution in [0.5, 0.6) is 5.75 Å². The molecule has 1 atom stereocenters. The van der Waals surface area contributed by atoms with Crippen LogP contribution in [-0.2, 0) is 0 Å². The number of aliphatic hydroxyl groups is 1. The summed E-state index contributed by atoms with van der Waals surface area (Å²) in [5.74, 6) is 0.319. The molecule has 1 aromatic carbocycles. The normalized spacial score (nSPS) is 20.0. The van der Waals surface area contributed by atoms with E-state index in [2.05, 4.69) is 5.32 Å². The molecule has 1 heterocycles. The maximum absolute atomic E-state index is 12.8. The molecule has 4 heteroatoms. The molecule has 0 aromatic heterocycles. The topological polar surface area (TPSA) is 41.5 Å². The molecule has 1 unspecified atom stereocenters. The predicted molar refractivity (Wildman–Crippen MR) is 46.4 cm³/mol. The fourth-order valence-electron chi connectivity index (χ4n) is 1.29. The van der Waals surface area contributed by atoms with Gasteiger partial charge in [0.2, 0.25) is 0 Å². The molecule has 1 aromatic rings. The van der Waals surface area contributed by atoms with Gasteiger partial charge in [0.05, 0.1) is 18.3 Å². The number of benzene rings is 1. The molecule has 1 aliphatic heterocycles. The lowest BCUT2D eigenvalue weighted by Gasteiger charge is -2.25. The molecular weight excluding hydrogens is 173 g/mol. The maximum Gasteiger partial charge on any atom is 0.142 e. The fourth-order valence-corrected chi connectivity index (χ4v) is 1.29. The second-order valence-electron chi connectivity index (χ2n) is 2.98. The average Bonchev–Trinajstić information content (AvgIpc) is 2.16. The molecule has 0 bridgehead atoms. The number of hydrogen-bond acceptors (Lipinski definition) is 3. The number of aliphatic hydroxyl groups excluding tert-OH is 1. The van der Waals surface area contributed by atoms with Crippen molar-refractivity contribution in [3.63, 3.8) is 0 Å². The third-order valence-electron chi connectivity index (χ3n) is 1.96. The van der Waals surface area contributed by atoms with E-state index in [1.165, 1.54) is 12.1 Å². The number of rotatable bonds is 1. The van der Waals surface area contributed by atoms with Crippen molar-refractivity contribution in [2.24, 2.45) is 0 Å². The van der Waals surface area contributed by atoms with Crippen molar-refractivity contribution < 1.29 is 14.2 Å². The van der Waals surface area contributed by atoms with Gasteiger partial charge in [-0.15, -0.1) is 0 Å². The Kier molecular flexibility index (Phi) is 2.06. The Labute approximate surface area is 75.1 Å². The van der Waals surface area contributed by atoms with E-state index in [0.29, 0.717) is 18.0 Å². The second-order valence-corrected chi connectivity index (χ2v) is 2.98. The zero-order valence-corrected chi connectivity index (χ0v) is 6.96. The molecule has 2 rings (SSSR count). The van der Waals surface area contributed by atoms with Gasteiger partial charge < -0.3 is 15.2 Å². The van der Waals surface area contributed by atoms with Gasteiger partial charge in [-0.2, -0.15) is 0 Å². The Bertz CT molecular complexity index is 316. The van der Waals surface area contributed by atoms with Crippen LogP contribution in [0.25, 0.3) is 0 Å². The SMILES string of the molecule is OCC1COc2ccc(F)cc2N1. The Morgan fingerprint density at radius 3 is 3.23 bits per heavy atom. The summed E-state index contributed by atoms with van der Waals surface area (Å²) >= 11 is 0. The van der Waals surface area contributed by atoms with Gasteiger partial charge in [-0.25, -0.2) is 4.39 Å². The molecule has 0 saturated heterocycles. The maximum atomic E-state index is 12.8. The number of fused-ring (bicyclic) bond motifs is 1. The second kappa shape index (κ2) is 3.22. The summed E-state index contributed by atoms with van der Waals surface area (Å²) in [4.78, 5) is 0. The summed E-state index contributed by atoms with van der Waals surface area (Å²) in [5, 5.41) is 11.8. The Balaban J connectivity index is 2.27. The third-order valence-corrected chi connectivity index (χ3v) is 1.96. The number of hydrogen-bond donors (Lipinski definition) is 2. The lowest BCUT2D eigenvalue weighted by atomic mass is 10.2. The molecule has 0 fully saturated rings. The van der Waals surface area contributed by atoms with Crippen LogP contribution in [0.4, 0.5) is 10.1 Å². The summed E-state index contributed by atoms with van der Waals surface area (Å²) in [7, 11) is 0. The minimum absolute atomic E-state index is 0.0179. The highest BCUT2D eigenvalue weighted by molar-refractivity contribution is 5.58. The highest BCUT2D eigenvalue weighted by Gasteiger charge is 2.17. The first-order chi connectivity index (χ1) is 6.29. The van der Waals surface area contributed by atoms with Crippen molar-refractivity contribution in [2.45, 2.75) is 6.04 Å². The Hall–Kier alpha value is -1.29. The molecule has 0 saturated carbocycles. The van der Waals surface area contributed by atoms with Crippen molar-refractivity contribution in [3.05, 3.63) is 24.0 Å². The third kappa shape index (κ3) is 1.58. The summed E-state index contributed by atoms with van der Waals surface area (Å²) in [6.07, 6.45) is 0. The van der Waals surface area contributed by atoms with Crippen LogP contribution in [0.15, 0.2) is 18.2 Å². The first-order valence-corrected chi connectivity index (χ1v) is 4.09. The average molecular weight is 183 g/mol. The zero-order valence-electron chi connectivity index (χ0n) is 6.96. The first-order valence-electron chi connectivity index (χ1n) is 4.09. The van der Waals surface area contributed by atoms with E-state index in [9.17, 15) is 4.39 Å². The van der Waals surface area contributed by atoms with Gasteiger partial charge in [-0.1, -0.05) is 0 Å². The highest BCUT2D eigenvalue weighted by atomic mass is 19.1. The van der Waals surface area contributed by atoms with Crippen LogP contribution >= 0.6 is 0 Å². The van der Waals surface area contributed by atoms with E-state index in [0.717, 1.165) is 0 Å². The Morgan fingerprint density at radius 2 is 2.46 bits per heavy atom. The van der Waals surface area contributed by atoms with Crippen LogP contribution in [0, 0.1) is 5.82 Å². The molecule has 1 aliphatic rings. The van der Waals surface area contributed by atoms with Crippen molar-refractivity contribution in [3.8, 4) is 5.75 Å². The molecule has 0 radical (unpaired) electrons. The lowest BCUT2D eigenvalue weighted by Crippen LogP contribution is -2.34. The van der Waals surface area contributed by atoms with Crippen LogP contribution in [0.3, 0.4) is 0 Å². The molecule has 70 valence electrons. The van der Waals surface area contributed by atoms with Gasteiger partial charge in [-0.3, -0.25) is 0 Å². The van der Waals surface area contributed by atoms with Gasteiger partial charge in [0.1, 0.15) is 18.2 Å². The molecule has 13 heavy (non-hydrogen) atoms. The molecular formula is C9H10FNO2. The van der Waals surface area contributed by atoms with E-state index in [1.54, 1.807) is 6.07 Å².